The fraction of sp³-hybridized carbons (Fsp3) is 0.292. The zero-order valence-corrected chi connectivity index (χ0v) is 18.2. The second-order valence-electron chi connectivity index (χ2n) is 7.63. The van der Waals surface area contributed by atoms with Crippen molar-refractivity contribution < 1.29 is 19.0 Å². The summed E-state index contributed by atoms with van der Waals surface area (Å²) in [5, 5.41) is 3.45. The average molecular weight is 435 g/mol. The SMILES string of the molecule is COC1C=CC(CNC(=O)c2cc3cccnc3n(Cc3ccc(C)cc3)c2=O)(OC)O1. The normalized spacial score (nSPS) is 20.0. The van der Waals surface area contributed by atoms with Crippen molar-refractivity contribution in [1.29, 1.82) is 0 Å². The standard InChI is InChI=1S/C24H25N3O5/c1-16-6-8-17(9-7-16)14-27-21-18(5-4-12-25-21)13-19(23(27)29)22(28)26-15-24(31-3)11-10-20(30-2)32-24/h4-13,20H,14-15H2,1-3H3,(H,26,28). The van der Waals surface area contributed by atoms with Crippen LogP contribution in [-0.4, -0.2) is 48.3 Å². The maximum atomic E-state index is 13.3. The van der Waals surface area contributed by atoms with Crippen molar-refractivity contribution in [3.05, 3.63) is 87.9 Å². The maximum Gasteiger partial charge on any atom is 0.265 e. The lowest BCUT2D eigenvalue weighted by Gasteiger charge is -2.27. The van der Waals surface area contributed by atoms with E-state index in [1.165, 1.54) is 18.8 Å². The molecule has 1 aliphatic heterocycles. The van der Waals surface area contributed by atoms with Crippen molar-refractivity contribution >= 4 is 16.9 Å². The van der Waals surface area contributed by atoms with E-state index in [9.17, 15) is 9.59 Å². The number of benzene rings is 1. The summed E-state index contributed by atoms with van der Waals surface area (Å²) in [4.78, 5) is 30.7. The van der Waals surface area contributed by atoms with E-state index in [1.807, 2.05) is 37.3 Å². The number of nitrogens with one attached hydrogen (secondary N) is 1. The number of aromatic nitrogens is 2. The van der Waals surface area contributed by atoms with Crippen LogP contribution in [0, 0.1) is 6.92 Å². The predicted molar refractivity (Wildman–Crippen MR) is 119 cm³/mol. The van der Waals surface area contributed by atoms with Crippen LogP contribution in [-0.2, 0) is 20.8 Å². The van der Waals surface area contributed by atoms with Crippen molar-refractivity contribution in [2.24, 2.45) is 0 Å². The Labute approximate surface area is 185 Å². The van der Waals surface area contributed by atoms with Crippen LogP contribution in [0.4, 0.5) is 0 Å². The van der Waals surface area contributed by atoms with Gasteiger partial charge >= 0.3 is 0 Å². The molecule has 0 fully saturated rings. The maximum absolute atomic E-state index is 13.3. The minimum Gasteiger partial charge on any atom is -0.352 e. The highest BCUT2D eigenvalue weighted by Crippen LogP contribution is 2.24. The molecule has 1 aliphatic rings. The predicted octanol–water partition coefficient (Wildman–Crippen LogP) is 2.38. The van der Waals surface area contributed by atoms with Gasteiger partial charge in [-0.05, 0) is 42.8 Å². The number of methoxy groups -OCH3 is 2. The van der Waals surface area contributed by atoms with E-state index in [4.69, 9.17) is 14.2 Å². The molecule has 2 unspecified atom stereocenters. The molecular formula is C24H25N3O5. The summed E-state index contributed by atoms with van der Waals surface area (Å²) in [5.74, 6) is -1.68. The van der Waals surface area contributed by atoms with Gasteiger partial charge in [-0.3, -0.25) is 14.2 Å². The monoisotopic (exact) mass is 435 g/mol. The first-order valence-corrected chi connectivity index (χ1v) is 10.2. The number of pyridine rings is 2. The van der Waals surface area contributed by atoms with E-state index in [0.29, 0.717) is 17.6 Å². The van der Waals surface area contributed by atoms with Gasteiger partial charge in [0.05, 0.1) is 13.1 Å². The molecule has 0 saturated heterocycles. The third-order valence-electron chi connectivity index (χ3n) is 5.45. The number of carbonyl (C=O) groups is 1. The Kier molecular flexibility index (Phi) is 6.18. The highest BCUT2D eigenvalue weighted by molar-refractivity contribution is 5.96. The number of hydrogen-bond acceptors (Lipinski definition) is 6. The Morgan fingerprint density at radius 2 is 2.03 bits per heavy atom. The fourth-order valence-electron chi connectivity index (χ4n) is 3.61. The summed E-state index contributed by atoms with van der Waals surface area (Å²) in [7, 11) is 2.99. The van der Waals surface area contributed by atoms with Gasteiger partial charge < -0.3 is 19.5 Å². The summed E-state index contributed by atoms with van der Waals surface area (Å²) in [6, 6.07) is 13.1. The third-order valence-corrected chi connectivity index (χ3v) is 5.45. The molecule has 0 aliphatic carbocycles. The van der Waals surface area contributed by atoms with Crippen LogP contribution in [0.3, 0.4) is 0 Å². The van der Waals surface area contributed by atoms with Crippen molar-refractivity contribution in [1.82, 2.24) is 14.9 Å². The van der Waals surface area contributed by atoms with Crippen LogP contribution >= 0.6 is 0 Å². The molecule has 0 radical (unpaired) electrons. The first kappa shape index (κ1) is 21.9. The van der Waals surface area contributed by atoms with Gasteiger partial charge in [0, 0.05) is 25.8 Å². The Morgan fingerprint density at radius 3 is 2.72 bits per heavy atom. The molecule has 166 valence electrons. The summed E-state index contributed by atoms with van der Waals surface area (Å²) < 4.78 is 17.8. The molecule has 2 aromatic heterocycles. The quantitative estimate of drug-likeness (QED) is 0.573. The van der Waals surface area contributed by atoms with Gasteiger partial charge in [0.2, 0.25) is 5.79 Å². The van der Waals surface area contributed by atoms with Crippen molar-refractivity contribution in [3.63, 3.8) is 0 Å². The fourth-order valence-corrected chi connectivity index (χ4v) is 3.61. The van der Waals surface area contributed by atoms with Crippen LogP contribution < -0.4 is 10.9 Å². The van der Waals surface area contributed by atoms with E-state index in [-0.39, 0.29) is 12.1 Å². The molecule has 3 aromatic rings. The molecule has 32 heavy (non-hydrogen) atoms. The number of rotatable bonds is 7. The molecule has 0 saturated carbocycles. The molecular weight excluding hydrogens is 410 g/mol. The van der Waals surface area contributed by atoms with E-state index < -0.39 is 23.5 Å². The Balaban J connectivity index is 1.64. The lowest BCUT2D eigenvalue weighted by atomic mass is 10.1. The van der Waals surface area contributed by atoms with Crippen molar-refractivity contribution in [2.75, 3.05) is 20.8 Å². The summed E-state index contributed by atoms with van der Waals surface area (Å²) >= 11 is 0. The van der Waals surface area contributed by atoms with Crippen LogP contribution in [0.2, 0.25) is 0 Å². The summed E-state index contributed by atoms with van der Waals surface area (Å²) in [5.41, 5.74) is 2.19. The summed E-state index contributed by atoms with van der Waals surface area (Å²) in [6.07, 6.45) is 4.45. The number of carbonyl (C=O) groups excluding carboxylic acids is 1. The van der Waals surface area contributed by atoms with Crippen molar-refractivity contribution in [2.45, 2.75) is 25.5 Å². The summed E-state index contributed by atoms with van der Waals surface area (Å²) in [6.45, 7) is 2.32. The van der Waals surface area contributed by atoms with Crippen LogP contribution in [0.25, 0.3) is 11.0 Å². The molecule has 2 atom stereocenters. The number of nitrogens with zero attached hydrogens (tertiary/aromatic N) is 2. The lowest BCUT2D eigenvalue weighted by molar-refractivity contribution is -0.238. The molecule has 1 N–H and O–H groups in total. The molecule has 3 heterocycles. The lowest BCUT2D eigenvalue weighted by Crippen LogP contribution is -2.45. The molecule has 0 spiro atoms. The van der Waals surface area contributed by atoms with Gasteiger partial charge in [-0.25, -0.2) is 4.98 Å². The number of fused-ring (bicyclic) bond motifs is 1. The average Bonchev–Trinajstić information content (AvgIpc) is 3.24. The number of ether oxygens (including phenoxy) is 3. The first-order valence-electron chi connectivity index (χ1n) is 10.2. The van der Waals surface area contributed by atoms with Gasteiger partial charge in [0.25, 0.3) is 11.5 Å². The number of aryl methyl sites for hydroxylation is 1. The molecule has 4 rings (SSSR count). The Hall–Kier alpha value is -3.33. The topological polar surface area (TPSA) is 91.7 Å². The minimum absolute atomic E-state index is 0.0151. The van der Waals surface area contributed by atoms with Gasteiger partial charge in [-0.1, -0.05) is 29.8 Å². The van der Waals surface area contributed by atoms with Gasteiger partial charge in [-0.2, -0.15) is 0 Å². The first-order chi connectivity index (χ1) is 15.4. The highest BCUT2D eigenvalue weighted by atomic mass is 16.8. The Morgan fingerprint density at radius 1 is 1.25 bits per heavy atom. The van der Waals surface area contributed by atoms with E-state index in [1.54, 1.807) is 30.5 Å². The van der Waals surface area contributed by atoms with Gasteiger partial charge in [0.1, 0.15) is 11.2 Å². The van der Waals surface area contributed by atoms with Crippen LogP contribution in [0.15, 0.2) is 65.6 Å². The van der Waals surface area contributed by atoms with Gasteiger partial charge in [0.15, 0.2) is 6.29 Å². The van der Waals surface area contributed by atoms with Crippen LogP contribution in [0.5, 0.6) is 0 Å². The molecule has 0 bridgehead atoms. The zero-order valence-electron chi connectivity index (χ0n) is 18.2. The molecule has 8 heteroatoms. The molecule has 8 nitrogen and oxygen atoms in total. The second-order valence-corrected chi connectivity index (χ2v) is 7.63. The third kappa shape index (κ3) is 4.34. The highest BCUT2D eigenvalue weighted by Gasteiger charge is 2.36. The smallest absolute Gasteiger partial charge is 0.265 e. The second kappa shape index (κ2) is 9.04. The largest absolute Gasteiger partial charge is 0.352 e. The van der Waals surface area contributed by atoms with Gasteiger partial charge in [-0.15, -0.1) is 0 Å². The van der Waals surface area contributed by atoms with E-state index in [2.05, 4.69) is 10.3 Å². The van der Waals surface area contributed by atoms with Crippen molar-refractivity contribution in [3.8, 4) is 0 Å². The zero-order chi connectivity index (χ0) is 22.7. The number of amides is 1. The number of hydrogen-bond donors (Lipinski definition) is 1. The van der Waals surface area contributed by atoms with Crippen LogP contribution in [0.1, 0.15) is 21.5 Å². The van der Waals surface area contributed by atoms with E-state index in [0.717, 1.165) is 11.1 Å². The Bertz CT molecular complexity index is 1220. The molecule has 1 amide bonds. The van der Waals surface area contributed by atoms with E-state index >= 15 is 0 Å². The minimum atomic E-state index is -1.16. The molecule has 1 aromatic carbocycles.